The lowest BCUT2D eigenvalue weighted by molar-refractivity contribution is -0.274. The molecule has 0 bridgehead atoms. The Hall–Kier alpha value is -1.54. The molecule has 0 radical (unpaired) electrons. The molecule has 0 aliphatic carbocycles. The highest BCUT2D eigenvalue weighted by Gasteiger charge is 2.30. The van der Waals surface area contributed by atoms with Gasteiger partial charge >= 0.3 is 6.36 Å². The number of nitrogens with zero attached hydrogens (tertiary/aromatic N) is 1. The van der Waals surface area contributed by atoms with Crippen LogP contribution in [0.1, 0.15) is 0 Å². The van der Waals surface area contributed by atoms with E-state index in [1.54, 1.807) is 0 Å². The molecule has 1 rings (SSSR count). The summed E-state index contributed by atoms with van der Waals surface area (Å²) in [6, 6.07) is 5.15. The number of thiocarbonyl (C=S) groups is 1. The largest absolute Gasteiger partial charge is 0.573 e. The molecule has 3 N–H and O–H groups in total. The predicted octanol–water partition coefficient (Wildman–Crippen LogP) is 2.09. The maximum absolute atomic E-state index is 11.9. The van der Waals surface area contributed by atoms with Crippen LogP contribution >= 0.6 is 12.2 Å². The van der Waals surface area contributed by atoms with E-state index >= 15 is 0 Å². The van der Waals surface area contributed by atoms with E-state index in [1.165, 1.54) is 36.3 Å². The average molecular weight is 265 g/mol. The Labute approximate surface area is 101 Å². The minimum absolute atomic E-state index is 0.245. The van der Waals surface area contributed by atoms with Gasteiger partial charge in [0.05, 0.1) is 0 Å². The van der Waals surface area contributed by atoms with Crippen LogP contribution in [0.2, 0.25) is 0 Å². The number of hydrazine groups is 1. The molecule has 1 aromatic rings. The SMILES string of the molecule is CN(N)C(=S)Nc1ccc(OC(F)(F)F)cc1. The van der Waals surface area contributed by atoms with Crippen molar-refractivity contribution in [2.45, 2.75) is 6.36 Å². The van der Waals surface area contributed by atoms with Crippen LogP contribution in [0.5, 0.6) is 5.75 Å². The molecule has 0 unspecified atom stereocenters. The van der Waals surface area contributed by atoms with Gasteiger partial charge in [0, 0.05) is 12.7 Å². The summed E-state index contributed by atoms with van der Waals surface area (Å²) in [5, 5.41) is 4.15. The Kier molecular flexibility index (Phi) is 4.13. The molecule has 94 valence electrons. The van der Waals surface area contributed by atoms with E-state index in [9.17, 15) is 13.2 Å². The Bertz CT molecular complexity index is 391. The van der Waals surface area contributed by atoms with Gasteiger partial charge < -0.3 is 10.1 Å². The first-order valence-corrected chi connectivity index (χ1v) is 4.84. The molecule has 0 saturated carbocycles. The molecule has 1 aromatic carbocycles. The zero-order chi connectivity index (χ0) is 13.1. The molecule has 0 atom stereocenters. The molecular formula is C9H10F3N3OS. The fraction of sp³-hybridized carbons (Fsp3) is 0.222. The van der Waals surface area contributed by atoms with E-state index in [0.717, 1.165) is 0 Å². The molecule has 0 aromatic heterocycles. The second-order valence-corrected chi connectivity index (χ2v) is 3.50. The van der Waals surface area contributed by atoms with Crippen molar-refractivity contribution in [3.05, 3.63) is 24.3 Å². The zero-order valence-electron chi connectivity index (χ0n) is 8.78. The molecule has 0 saturated heterocycles. The van der Waals surface area contributed by atoms with Crippen molar-refractivity contribution in [1.82, 2.24) is 5.01 Å². The van der Waals surface area contributed by atoms with Crippen molar-refractivity contribution >= 4 is 23.0 Å². The van der Waals surface area contributed by atoms with Crippen molar-refractivity contribution in [2.24, 2.45) is 5.84 Å². The van der Waals surface area contributed by atoms with E-state index in [2.05, 4.69) is 10.1 Å². The van der Waals surface area contributed by atoms with Crippen LogP contribution < -0.4 is 15.9 Å². The highest BCUT2D eigenvalue weighted by molar-refractivity contribution is 7.80. The van der Waals surface area contributed by atoms with Crippen LogP contribution in [0.4, 0.5) is 18.9 Å². The number of alkyl halides is 3. The van der Waals surface area contributed by atoms with Gasteiger partial charge in [0.25, 0.3) is 0 Å². The molecule has 0 amide bonds. The van der Waals surface area contributed by atoms with Crippen LogP contribution in [0.15, 0.2) is 24.3 Å². The molecule has 0 fully saturated rings. The van der Waals surface area contributed by atoms with Crippen molar-refractivity contribution in [1.29, 1.82) is 0 Å². The van der Waals surface area contributed by atoms with E-state index in [1.807, 2.05) is 0 Å². The minimum Gasteiger partial charge on any atom is -0.406 e. The Morgan fingerprint density at radius 2 is 1.88 bits per heavy atom. The van der Waals surface area contributed by atoms with Gasteiger partial charge in [0.1, 0.15) is 5.75 Å². The molecule has 8 heteroatoms. The van der Waals surface area contributed by atoms with Crippen molar-refractivity contribution < 1.29 is 17.9 Å². The predicted molar refractivity (Wildman–Crippen MR) is 61.3 cm³/mol. The van der Waals surface area contributed by atoms with Crippen LogP contribution in [0.25, 0.3) is 0 Å². The standard InChI is InChI=1S/C9H10F3N3OS/c1-15(13)8(17)14-6-2-4-7(5-3-6)16-9(10,11)12/h2-5H,13H2,1H3,(H,14,17). The van der Waals surface area contributed by atoms with E-state index in [0.29, 0.717) is 5.69 Å². The van der Waals surface area contributed by atoms with E-state index < -0.39 is 6.36 Å². The summed E-state index contributed by atoms with van der Waals surface area (Å²) in [7, 11) is 1.54. The topological polar surface area (TPSA) is 50.5 Å². The highest BCUT2D eigenvalue weighted by Crippen LogP contribution is 2.23. The maximum Gasteiger partial charge on any atom is 0.573 e. The number of anilines is 1. The van der Waals surface area contributed by atoms with Crippen molar-refractivity contribution in [2.75, 3.05) is 12.4 Å². The highest BCUT2D eigenvalue weighted by atomic mass is 32.1. The number of hydrogen-bond acceptors (Lipinski definition) is 3. The van der Waals surface area contributed by atoms with Gasteiger partial charge in [-0.15, -0.1) is 13.2 Å². The smallest absolute Gasteiger partial charge is 0.406 e. The van der Waals surface area contributed by atoms with Crippen LogP contribution in [-0.2, 0) is 0 Å². The minimum atomic E-state index is -4.69. The van der Waals surface area contributed by atoms with Crippen LogP contribution in [0.3, 0.4) is 0 Å². The lowest BCUT2D eigenvalue weighted by atomic mass is 10.3. The van der Waals surface area contributed by atoms with Gasteiger partial charge in [-0.1, -0.05) is 0 Å². The third-order valence-corrected chi connectivity index (χ3v) is 2.05. The average Bonchev–Trinajstić information content (AvgIpc) is 2.18. The number of nitrogens with two attached hydrogens (primary N) is 1. The summed E-state index contributed by atoms with van der Waals surface area (Å²) in [6.07, 6.45) is -4.69. The second kappa shape index (κ2) is 5.19. The van der Waals surface area contributed by atoms with Gasteiger partial charge in [-0.05, 0) is 36.5 Å². The molecule has 0 heterocycles. The summed E-state index contributed by atoms with van der Waals surface area (Å²) < 4.78 is 39.3. The third kappa shape index (κ3) is 4.87. The second-order valence-electron chi connectivity index (χ2n) is 3.11. The Morgan fingerprint density at radius 1 is 1.35 bits per heavy atom. The van der Waals surface area contributed by atoms with Crippen molar-refractivity contribution in [3.63, 3.8) is 0 Å². The van der Waals surface area contributed by atoms with Gasteiger partial charge in [0.15, 0.2) is 5.11 Å². The summed E-state index contributed by atoms with van der Waals surface area (Å²) >= 11 is 4.86. The maximum atomic E-state index is 11.9. The monoisotopic (exact) mass is 265 g/mol. The first-order chi connectivity index (χ1) is 7.78. The Balaban J connectivity index is 2.65. The first kappa shape index (κ1) is 13.5. The number of rotatable bonds is 2. The summed E-state index contributed by atoms with van der Waals surface area (Å²) in [6.45, 7) is 0. The summed E-state index contributed by atoms with van der Waals surface area (Å²) in [5.74, 6) is 5.06. The lowest BCUT2D eigenvalue weighted by Gasteiger charge is -2.15. The third-order valence-electron chi connectivity index (χ3n) is 1.66. The molecule has 0 aliphatic heterocycles. The number of benzene rings is 1. The normalized spacial score (nSPS) is 10.9. The van der Waals surface area contributed by atoms with E-state index in [-0.39, 0.29) is 10.9 Å². The Morgan fingerprint density at radius 3 is 2.29 bits per heavy atom. The van der Waals surface area contributed by atoms with Crippen LogP contribution in [0, 0.1) is 0 Å². The number of ether oxygens (including phenoxy) is 1. The quantitative estimate of drug-likeness (QED) is 0.487. The fourth-order valence-electron chi connectivity index (χ4n) is 0.952. The summed E-state index contributed by atoms with van der Waals surface area (Å²) in [4.78, 5) is 0. The van der Waals surface area contributed by atoms with E-state index in [4.69, 9.17) is 18.1 Å². The van der Waals surface area contributed by atoms with Gasteiger partial charge in [-0.2, -0.15) is 0 Å². The van der Waals surface area contributed by atoms with Gasteiger partial charge in [-0.25, -0.2) is 5.84 Å². The number of hydrogen-bond donors (Lipinski definition) is 2. The molecule has 4 nitrogen and oxygen atoms in total. The van der Waals surface area contributed by atoms with Gasteiger partial charge in [-0.3, -0.25) is 5.01 Å². The summed E-state index contributed by atoms with van der Waals surface area (Å²) in [5.41, 5.74) is 0.516. The lowest BCUT2D eigenvalue weighted by Crippen LogP contribution is -2.36. The zero-order valence-corrected chi connectivity index (χ0v) is 9.60. The van der Waals surface area contributed by atoms with Crippen LogP contribution in [-0.4, -0.2) is 23.5 Å². The molecule has 0 aliphatic rings. The van der Waals surface area contributed by atoms with Gasteiger partial charge in [0.2, 0.25) is 0 Å². The molecule has 0 spiro atoms. The fourth-order valence-corrected chi connectivity index (χ4v) is 1.07. The first-order valence-electron chi connectivity index (χ1n) is 4.43. The van der Waals surface area contributed by atoms with Crippen molar-refractivity contribution in [3.8, 4) is 5.75 Å². The molecular weight excluding hydrogens is 255 g/mol. The molecule has 17 heavy (non-hydrogen) atoms. The number of nitrogens with one attached hydrogen (secondary N) is 1. The number of halogens is 3.